The van der Waals surface area contributed by atoms with Crippen molar-refractivity contribution in [2.24, 2.45) is 5.73 Å². The van der Waals surface area contributed by atoms with Crippen molar-refractivity contribution in [1.82, 2.24) is 4.31 Å². The largest absolute Gasteiger partial charge is 0.330 e. The van der Waals surface area contributed by atoms with E-state index >= 15 is 0 Å². The molecular weight excluding hydrogens is 236 g/mol. The van der Waals surface area contributed by atoms with Crippen molar-refractivity contribution in [2.75, 3.05) is 20.1 Å². The lowest BCUT2D eigenvalue weighted by Crippen LogP contribution is -2.37. The Morgan fingerprint density at radius 2 is 1.76 bits per heavy atom. The molecule has 0 aliphatic heterocycles. The van der Waals surface area contributed by atoms with Crippen LogP contribution in [0.2, 0.25) is 0 Å². The fourth-order valence-electron chi connectivity index (χ4n) is 2.40. The minimum atomic E-state index is -3.05. The van der Waals surface area contributed by atoms with Gasteiger partial charge < -0.3 is 5.73 Å². The maximum Gasteiger partial charge on any atom is 0.216 e. The lowest BCUT2D eigenvalue weighted by Gasteiger charge is -2.27. The van der Waals surface area contributed by atoms with Gasteiger partial charge in [0.25, 0.3) is 0 Å². The predicted octanol–water partition coefficient (Wildman–Crippen LogP) is 1.71. The van der Waals surface area contributed by atoms with Gasteiger partial charge in [-0.15, -0.1) is 0 Å². The highest BCUT2D eigenvalue weighted by atomic mass is 32.2. The summed E-state index contributed by atoms with van der Waals surface area (Å²) in [5.74, 6) is 0. The zero-order valence-electron chi connectivity index (χ0n) is 10.9. The molecule has 1 saturated carbocycles. The molecule has 2 N–H and O–H groups in total. The minimum absolute atomic E-state index is 0.129. The zero-order valence-corrected chi connectivity index (χ0v) is 11.7. The summed E-state index contributed by atoms with van der Waals surface area (Å²) in [5.41, 5.74) is 5.42. The molecule has 0 radical (unpaired) electrons. The molecule has 1 aliphatic rings. The first-order chi connectivity index (χ1) is 8.09. The topological polar surface area (TPSA) is 63.4 Å². The number of nitrogens with two attached hydrogens (primary N) is 1. The Hall–Kier alpha value is -0.130. The summed E-state index contributed by atoms with van der Waals surface area (Å²) in [7, 11) is -1.33. The third-order valence-electron chi connectivity index (χ3n) is 3.58. The normalized spacial score (nSPS) is 18.8. The molecule has 1 fully saturated rings. The van der Waals surface area contributed by atoms with Gasteiger partial charge in [0.2, 0.25) is 10.0 Å². The first kappa shape index (κ1) is 14.9. The van der Waals surface area contributed by atoms with Crippen LogP contribution in [-0.2, 0) is 10.0 Å². The molecule has 0 aromatic heterocycles. The molecule has 17 heavy (non-hydrogen) atoms. The average molecular weight is 262 g/mol. The molecule has 102 valence electrons. The van der Waals surface area contributed by atoms with Crippen LogP contribution < -0.4 is 5.73 Å². The van der Waals surface area contributed by atoms with Gasteiger partial charge in [-0.05, 0) is 32.2 Å². The number of unbranched alkanes of at least 4 members (excludes halogenated alkanes) is 2. The average Bonchev–Trinajstić information content (AvgIpc) is 2.35. The molecule has 1 rings (SSSR count). The number of hydrogen-bond acceptors (Lipinski definition) is 3. The van der Waals surface area contributed by atoms with Gasteiger partial charge >= 0.3 is 0 Å². The van der Waals surface area contributed by atoms with Crippen molar-refractivity contribution in [2.45, 2.75) is 56.6 Å². The van der Waals surface area contributed by atoms with Crippen molar-refractivity contribution in [3.05, 3.63) is 0 Å². The SMILES string of the molecule is CN(CCCCCN)S(=O)(=O)C1CCCCC1. The van der Waals surface area contributed by atoms with Crippen LogP contribution in [0.1, 0.15) is 51.4 Å². The van der Waals surface area contributed by atoms with Crippen molar-refractivity contribution in [3.8, 4) is 0 Å². The summed E-state index contributed by atoms with van der Waals surface area (Å²) in [6.07, 6.45) is 7.91. The summed E-state index contributed by atoms with van der Waals surface area (Å²) in [6, 6.07) is 0. The molecule has 0 heterocycles. The molecule has 0 unspecified atom stereocenters. The highest BCUT2D eigenvalue weighted by molar-refractivity contribution is 7.89. The smallest absolute Gasteiger partial charge is 0.216 e. The van der Waals surface area contributed by atoms with E-state index in [4.69, 9.17) is 5.73 Å². The van der Waals surface area contributed by atoms with Gasteiger partial charge in [-0.3, -0.25) is 0 Å². The van der Waals surface area contributed by atoms with Gasteiger partial charge in [0.1, 0.15) is 0 Å². The number of rotatable bonds is 7. The first-order valence-electron chi connectivity index (χ1n) is 6.74. The molecular formula is C12H26N2O2S. The van der Waals surface area contributed by atoms with E-state index in [0.717, 1.165) is 44.9 Å². The standard InChI is InChI=1S/C12H26N2O2S/c1-14(11-7-3-6-10-13)17(15,16)12-8-4-2-5-9-12/h12H,2-11,13H2,1H3. The van der Waals surface area contributed by atoms with Gasteiger partial charge in [-0.2, -0.15) is 0 Å². The van der Waals surface area contributed by atoms with Crippen molar-refractivity contribution in [3.63, 3.8) is 0 Å². The van der Waals surface area contributed by atoms with Gasteiger partial charge in [0, 0.05) is 13.6 Å². The van der Waals surface area contributed by atoms with E-state index in [1.54, 1.807) is 11.4 Å². The maximum absolute atomic E-state index is 12.3. The second-order valence-corrected chi connectivity index (χ2v) is 7.30. The Bertz CT molecular complexity index is 298. The monoisotopic (exact) mass is 262 g/mol. The lowest BCUT2D eigenvalue weighted by molar-refractivity contribution is 0.417. The summed E-state index contributed by atoms with van der Waals surface area (Å²) in [6.45, 7) is 1.33. The van der Waals surface area contributed by atoms with Crippen LogP contribution in [0.4, 0.5) is 0 Å². The van der Waals surface area contributed by atoms with Gasteiger partial charge in [0.15, 0.2) is 0 Å². The van der Waals surface area contributed by atoms with E-state index < -0.39 is 10.0 Å². The third-order valence-corrected chi connectivity index (χ3v) is 5.95. The lowest BCUT2D eigenvalue weighted by atomic mass is 10.0. The number of hydrogen-bond donors (Lipinski definition) is 1. The Kier molecular flexibility index (Phi) is 6.44. The van der Waals surface area contributed by atoms with Crippen LogP contribution in [0, 0.1) is 0 Å². The molecule has 1 aliphatic carbocycles. The number of sulfonamides is 1. The van der Waals surface area contributed by atoms with Gasteiger partial charge in [-0.1, -0.05) is 25.7 Å². The molecule has 5 heteroatoms. The van der Waals surface area contributed by atoms with Gasteiger partial charge in [0.05, 0.1) is 5.25 Å². The predicted molar refractivity (Wildman–Crippen MR) is 71.3 cm³/mol. The van der Waals surface area contributed by atoms with Crippen molar-refractivity contribution >= 4 is 10.0 Å². The van der Waals surface area contributed by atoms with Crippen LogP contribution in [0.5, 0.6) is 0 Å². The zero-order chi connectivity index (χ0) is 12.7. The second kappa shape index (κ2) is 7.34. The fraction of sp³-hybridized carbons (Fsp3) is 1.00. The Labute approximate surface area is 106 Å². The van der Waals surface area contributed by atoms with Crippen LogP contribution >= 0.6 is 0 Å². The van der Waals surface area contributed by atoms with Crippen LogP contribution in [0.15, 0.2) is 0 Å². The maximum atomic E-state index is 12.3. The first-order valence-corrected chi connectivity index (χ1v) is 8.24. The summed E-state index contributed by atoms with van der Waals surface area (Å²) >= 11 is 0. The molecule has 0 saturated heterocycles. The molecule has 0 aromatic rings. The van der Waals surface area contributed by atoms with E-state index in [1.807, 2.05) is 0 Å². The third kappa shape index (κ3) is 4.56. The molecule has 4 nitrogen and oxygen atoms in total. The molecule has 0 bridgehead atoms. The van der Waals surface area contributed by atoms with Crippen molar-refractivity contribution < 1.29 is 8.42 Å². The van der Waals surface area contributed by atoms with Crippen LogP contribution in [0.25, 0.3) is 0 Å². The molecule has 0 atom stereocenters. The minimum Gasteiger partial charge on any atom is -0.330 e. The fourth-order valence-corrected chi connectivity index (χ4v) is 4.22. The molecule has 0 amide bonds. The quantitative estimate of drug-likeness (QED) is 0.710. The van der Waals surface area contributed by atoms with Crippen molar-refractivity contribution in [1.29, 1.82) is 0 Å². The van der Waals surface area contributed by atoms with Crippen LogP contribution in [0.3, 0.4) is 0 Å². The van der Waals surface area contributed by atoms with E-state index in [1.165, 1.54) is 6.42 Å². The molecule has 0 aromatic carbocycles. The second-order valence-electron chi connectivity index (χ2n) is 4.98. The highest BCUT2D eigenvalue weighted by Crippen LogP contribution is 2.25. The van der Waals surface area contributed by atoms with E-state index in [-0.39, 0.29) is 5.25 Å². The van der Waals surface area contributed by atoms with E-state index in [9.17, 15) is 8.42 Å². The highest BCUT2D eigenvalue weighted by Gasteiger charge is 2.30. The molecule has 0 spiro atoms. The Balaban J connectivity index is 2.39. The Morgan fingerprint density at radius 3 is 2.35 bits per heavy atom. The summed E-state index contributed by atoms with van der Waals surface area (Å²) in [4.78, 5) is 0. The van der Waals surface area contributed by atoms with E-state index in [0.29, 0.717) is 13.1 Å². The summed E-state index contributed by atoms with van der Waals surface area (Å²) < 4.78 is 26.1. The Morgan fingerprint density at radius 1 is 1.12 bits per heavy atom. The summed E-state index contributed by atoms with van der Waals surface area (Å²) in [5, 5.41) is -0.129. The van der Waals surface area contributed by atoms with Gasteiger partial charge in [-0.25, -0.2) is 12.7 Å². The van der Waals surface area contributed by atoms with Crippen LogP contribution in [-0.4, -0.2) is 38.1 Å². The number of nitrogens with zero attached hydrogens (tertiary/aromatic N) is 1. The van der Waals surface area contributed by atoms with E-state index in [2.05, 4.69) is 0 Å².